The van der Waals surface area contributed by atoms with Gasteiger partial charge in [0, 0.05) is 12.4 Å². The van der Waals surface area contributed by atoms with E-state index >= 15 is 0 Å². The molecule has 0 saturated heterocycles. The van der Waals surface area contributed by atoms with Crippen LogP contribution in [0.5, 0.6) is 5.75 Å². The lowest BCUT2D eigenvalue weighted by molar-refractivity contribution is 0.0599. The molecule has 8 heteroatoms. The Morgan fingerprint density at radius 2 is 2.21 bits per heavy atom. The van der Waals surface area contributed by atoms with E-state index in [9.17, 15) is 19.8 Å². The largest absolute Gasteiger partial charge is 0.508 e. The molecule has 0 unspecified atom stereocenters. The molecule has 3 rings (SSSR count). The van der Waals surface area contributed by atoms with Crippen LogP contribution in [0.3, 0.4) is 0 Å². The van der Waals surface area contributed by atoms with E-state index in [0.29, 0.717) is 5.56 Å². The SMILES string of the molecule is COC(=O)c1cn(C[C@@H](O)c2cccc(O)c2)cc2c(=O)[nH]nc1-2. The average Bonchev–Trinajstić information content (AvgIpc) is 2.94. The minimum Gasteiger partial charge on any atom is -0.508 e. The standard InChI is InChI=1S/C16H15N3O5/c1-24-16(23)12-7-19(6-11-14(12)17-18-15(11)22)8-13(21)9-3-2-4-10(20)5-9/h2-7,13,20-21H,8H2,1H3,(H,18,22)/t13-/m1/s1. The molecule has 0 amide bonds. The number of ether oxygens (including phenoxy) is 1. The zero-order chi connectivity index (χ0) is 17.3. The van der Waals surface area contributed by atoms with Crippen molar-refractivity contribution >= 4 is 5.97 Å². The molecule has 0 fully saturated rings. The van der Waals surface area contributed by atoms with Crippen LogP contribution < -0.4 is 5.56 Å². The number of nitrogens with zero attached hydrogens (tertiary/aromatic N) is 2. The summed E-state index contributed by atoms with van der Waals surface area (Å²) in [6.07, 6.45) is 2.02. The number of carbonyl (C=O) groups is 1. The Hall–Kier alpha value is -3.13. The molecular formula is C16H15N3O5. The third-order valence-electron chi connectivity index (χ3n) is 3.66. The fourth-order valence-electron chi connectivity index (χ4n) is 2.49. The summed E-state index contributed by atoms with van der Waals surface area (Å²) in [7, 11) is 1.23. The molecule has 124 valence electrons. The van der Waals surface area contributed by atoms with Gasteiger partial charge in [0.25, 0.3) is 5.56 Å². The number of carbonyl (C=O) groups excluding carboxylic acids is 1. The number of phenols is 1. The van der Waals surface area contributed by atoms with Crippen molar-refractivity contribution in [2.75, 3.05) is 7.11 Å². The van der Waals surface area contributed by atoms with Crippen molar-refractivity contribution in [2.24, 2.45) is 0 Å². The van der Waals surface area contributed by atoms with Gasteiger partial charge in [-0.2, -0.15) is 5.10 Å². The Bertz CT molecular complexity index is 914. The summed E-state index contributed by atoms with van der Waals surface area (Å²) in [5.74, 6) is -0.591. The van der Waals surface area contributed by atoms with Gasteiger partial charge in [0.15, 0.2) is 0 Å². The van der Waals surface area contributed by atoms with E-state index in [0.717, 1.165) is 0 Å². The highest BCUT2D eigenvalue weighted by Crippen LogP contribution is 2.24. The molecule has 8 nitrogen and oxygen atoms in total. The first-order valence-electron chi connectivity index (χ1n) is 7.13. The number of nitrogens with one attached hydrogen (secondary N) is 1. The molecule has 2 heterocycles. The smallest absolute Gasteiger partial charge is 0.341 e. The number of aliphatic hydroxyl groups excluding tert-OH is 1. The van der Waals surface area contributed by atoms with Crippen LogP contribution >= 0.6 is 0 Å². The number of rotatable bonds is 4. The predicted octanol–water partition coefficient (Wildman–Crippen LogP) is 0.902. The van der Waals surface area contributed by atoms with Crippen molar-refractivity contribution in [3.8, 4) is 17.0 Å². The number of benzene rings is 1. The summed E-state index contributed by atoms with van der Waals surface area (Å²) in [4.78, 5) is 23.7. The van der Waals surface area contributed by atoms with Gasteiger partial charge in [-0.15, -0.1) is 0 Å². The zero-order valence-electron chi connectivity index (χ0n) is 12.8. The third kappa shape index (κ3) is 2.86. The molecule has 0 aromatic heterocycles. The molecular weight excluding hydrogens is 314 g/mol. The number of aromatic hydroxyl groups is 1. The number of hydrogen-bond acceptors (Lipinski definition) is 6. The summed E-state index contributed by atoms with van der Waals surface area (Å²) in [6, 6.07) is 6.23. The molecule has 2 aliphatic rings. The highest BCUT2D eigenvalue weighted by Gasteiger charge is 2.22. The van der Waals surface area contributed by atoms with Gasteiger partial charge in [0.05, 0.1) is 25.3 Å². The average molecular weight is 329 g/mol. The Labute approximate surface area is 136 Å². The van der Waals surface area contributed by atoms with Crippen LogP contribution in [0.4, 0.5) is 0 Å². The maximum absolute atomic E-state index is 11.9. The molecule has 0 saturated carbocycles. The van der Waals surface area contributed by atoms with Crippen molar-refractivity contribution in [2.45, 2.75) is 12.6 Å². The number of methoxy groups -OCH3 is 1. The second-order valence-corrected chi connectivity index (χ2v) is 5.29. The number of aromatic amines is 1. The minimum absolute atomic E-state index is 0.0407. The molecule has 0 aliphatic carbocycles. The maximum Gasteiger partial charge on any atom is 0.341 e. The van der Waals surface area contributed by atoms with Gasteiger partial charge in [-0.05, 0) is 17.7 Å². The zero-order valence-corrected chi connectivity index (χ0v) is 12.8. The van der Waals surface area contributed by atoms with Gasteiger partial charge in [-0.1, -0.05) is 12.1 Å². The third-order valence-corrected chi connectivity index (χ3v) is 3.66. The first kappa shape index (κ1) is 15.8. The Morgan fingerprint density at radius 1 is 1.42 bits per heavy atom. The monoisotopic (exact) mass is 329 g/mol. The maximum atomic E-state index is 11.9. The molecule has 0 spiro atoms. The fourth-order valence-corrected chi connectivity index (χ4v) is 2.49. The Balaban J connectivity index is 2.00. The Morgan fingerprint density at radius 3 is 2.92 bits per heavy atom. The van der Waals surface area contributed by atoms with E-state index in [-0.39, 0.29) is 29.1 Å². The molecule has 0 bridgehead atoms. The molecule has 0 radical (unpaired) electrons. The summed E-state index contributed by atoms with van der Waals surface area (Å²) in [6.45, 7) is 0.0774. The summed E-state index contributed by atoms with van der Waals surface area (Å²) < 4.78 is 6.22. The Kier molecular flexibility index (Phi) is 4.05. The van der Waals surface area contributed by atoms with Crippen molar-refractivity contribution in [1.29, 1.82) is 0 Å². The minimum atomic E-state index is -0.938. The van der Waals surface area contributed by atoms with Crippen molar-refractivity contribution in [3.05, 3.63) is 58.1 Å². The van der Waals surface area contributed by atoms with E-state index < -0.39 is 17.6 Å². The molecule has 2 aliphatic heterocycles. The van der Waals surface area contributed by atoms with Crippen LogP contribution in [0.15, 0.2) is 41.5 Å². The second-order valence-electron chi connectivity index (χ2n) is 5.29. The lowest BCUT2D eigenvalue weighted by Crippen LogP contribution is -2.15. The highest BCUT2D eigenvalue weighted by atomic mass is 16.5. The van der Waals surface area contributed by atoms with Crippen LogP contribution in [0.2, 0.25) is 0 Å². The summed E-state index contributed by atoms with van der Waals surface area (Å²) in [5.41, 5.74) is 0.639. The first-order valence-corrected chi connectivity index (χ1v) is 7.13. The van der Waals surface area contributed by atoms with E-state index in [1.54, 1.807) is 12.1 Å². The van der Waals surface area contributed by atoms with Gasteiger partial charge in [-0.25, -0.2) is 9.89 Å². The number of pyridine rings is 1. The first-order chi connectivity index (χ1) is 11.5. The number of esters is 1. The summed E-state index contributed by atoms with van der Waals surface area (Å²) in [5, 5.41) is 25.9. The van der Waals surface area contributed by atoms with Crippen molar-refractivity contribution in [3.63, 3.8) is 0 Å². The molecule has 1 aromatic rings. The lowest BCUT2D eigenvalue weighted by atomic mass is 10.1. The van der Waals surface area contributed by atoms with Crippen molar-refractivity contribution < 1.29 is 19.7 Å². The second kappa shape index (κ2) is 6.17. The van der Waals surface area contributed by atoms with Gasteiger partial charge in [0.1, 0.15) is 17.0 Å². The van der Waals surface area contributed by atoms with E-state index in [4.69, 9.17) is 4.74 Å². The number of hydrogen-bond donors (Lipinski definition) is 3. The predicted molar refractivity (Wildman–Crippen MR) is 83.9 cm³/mol. The number of aromatic nitrogens is 3. The van der Waals surface area contributed by atoms with Crippen LogP contribution in [0.1, 0.15) is 22.0 Å². The number of aliphatic hydroxyl groups is 1. The lowest BCUT2D eigenvalue weighted by Gasteiger charge is -2.16. The molecule has 1 atom stereocenters. The van der Waals surface area contributed by atoms with E-state index in [2.05, 4.69) is 10.2 Å². The van der Waals surface area contributed by atoms with Crippen molar-refractivity contribution in [1.82, 2.24) is 14.8 Å². The molecule has 3 N–H and O–H groups in total. The van der Waals surface area contributed by atoms with E-state index in [1.165, 1.54) is 36.2 Å². The van der Waals surface area contributed by atoms with Gasteiger partial charge >= 0.3 is 5.97 Å². The molecule has 1 aromatic carbocycles. The van der Waals surface area contributed by atoms with Gasteiger partial charge in [0.2, 0.25) is 0 Å². The van der Waals surface area contributed by atoms with Crippen LogP contribution in [-0.4, -0.2) is 38.1 Å². The fraction of sp³-hybridized carbons (Fsp3) is 0.188. The molecule has 24 heavy (non-hydrogen) atoms. The number of fused-ring (bicyclic) bond motifs is 1. The normalized spacial score (nSPS) is 12.2. The quantitative estimate of drug-likeness (QED) is 0.612. The van der Waals surface area contributed by atoms with Gasteiger partial charge in [-0.3, -0.25) is 4.79 Å². The topological polar surface area (TPSA) is 117 Å². The number of H-pyrrole nitrogens is 1. The highest BCUT2D eigenvalue weighted by molar-refractivity contribution is 5.95. The van der Waals surface area contributed by atoms with Crippen LogP contribution in [0.25, 0.3) is 11.3 Å². The van der Waals surface area contributed by atoms with Crippen LogP contribution in [-0.2, 0) is 11.3 Å². The number of phenolic OH excluding ortho intramolecular Hbond substituents is 1. The summed E-state index contributed by atoms with van der Waals surface area (Å²) >= 11 is 0. The van der Waals surface area contributed by atoms with Crippen LogP contribution in [0, 0.1) is 0 Å². The van der Waals surface area contributed by atoms with Gasteiger partial charge < -0.3 is 19.5 Å². The van der Waals surface area contributed by atoms with E-state index in [1.807, 2.05) is 0 Å².